The van der Waals surface area contributed by atoms with E-state index >= 15 is 0 Å². The summed E-state index contributed by atoms with van der Waals surface area (Å²) in [5.74, 6) is 6.50. The van der Waals surface area contributed by atoms with Crippen LogP contribution in [0.5, 0.6) is 0 Å². The summed E-state index contributed by atoms with van der Waals surface area (Å²) < 4.78 is 1.84. The molecule has 0 amide bonds. The molecule has 0 aliphatic heterocycles. The van der Waals surface area contributed by atoms with Gasteiger partial charge in [-0.25, -0.2) is 0 Å². The molecule has 4 heteroatoms. The van der Waals surface area contributed by atoms with Crippen LogP contribution in [0.15, 0.2) is 12.4 Å². The van der Waals surface area contributed by atoms with E-state index in [1.54, 1.807) is 0 Å². The van der Waals surface area contributed by atoms with Crippen molar-refractivity contribution in [2.24, 2.45) is 18.8 Å². The van der Waals surface area contributed by atoms with E-state index in [1.807, 2.05) is 17.9 Å². The van der Waals surface area contributed by atoms with Gasteiger partial charge in [-0.2, -0.15) is 5.10 Å². The van der Waals surface area contributed by atoms with Crippen LogP contribution in [-0.4, -0.2) is 9.78 Å². The molecule has 1 aromatic heterocycles. The minimum atomic E-state index is 0.256. The van der Waals surface area contributed by atoms with Crippen molar-refractivity contribution in [3.05, 3.63) is 18.0 Å². The smallest absolute Gasteiger partial charge is 0.0538 e. The van der Waals surface area contributed by atoms with Gasteiger partial charge in [0.15, 0.2) is 0 Å². The molecule has 0 aromatic carbocycles. The number of aromatic nitrogens is 2. The second-order valence-corrected chi connectivity index (χ2v) is 5.26. The van der Waals surface area contributed by atoms with Gasteiger partial charge in [-0.15, -0.1) is 0 Å². The molecule has 1 aliphatic rings. The molecular formula is C13H24N4. The van der Waals surface area contributed by atoms with Crippen LogP contribution >= 0.6 is 0 Å². The Morgan fingerprint density at radius 2 is 2.12 bits per heavy atom. The van der Waals surface area contributed by atoms with Crippen LogP contribution in [0, 0.1) is 5.92 Å². The van der Waals surface area contributed by atoms with Crippen LogP contribution in [0.2, 0.25) is 0 Å². The van der Waals surface area contributed by atoms with E-state index in [4.69, 9.17) is 5.84 Å². The van der Waals surface area contributed by atoms with E-state index in [2.05, 4.69) is 16.7 Å². The lowest BCUT2D eigenvalue weighted by molar-refractivity contribution is 0.359. The highest BCUT2D eigenvalue weighted by Gasteiger charge is 2.19. The first-order valence-corrected chi connectivity index (χ1v) is 6.74. The highest BCUT2D eigenvalue weighted by atomic mass is 15.3. The van der Waals surface area contributed by atoms with Gasteiger partial charge in [-0.3, -0.25) is 16.0 Å². The summed E-state index contributed by atoms with van der Waals surface area (Å²) in [6.07, 6.45) is 13.4. The summed E-state index contributed by atoms with van der Waals surface area (Å²) in [7, 11) is 1.95. The van der Waals surface area contributed by atoms with Crippen molar-refractivity contribution < 1.29 is 0 Å². The largest absolute Gasteiger partial charge is 0.275 e. The second-order valence-electron chi connectivity index (χ2n) is 5.26. The van der Waals surface area contributed by atoms with E-state index in [0.717, 1.165) is 12.3 Å². The number of nitrogens with one attached hydrogen (secondary N) is 1. The molecule has 1 fully saturated rings. The molecule has 1 saturated carbocycles. The molecule has 1 aromatic rings. The van der Waals surface area contributed by atoms with Crippen LogP contribution in [0.25, 0.3) is 0 Å². The fourth-order valence-electron chi connectivity index (χ4n) is 2.85. The number of hydrogen-bond acceptors (Lipinski definition) is 3. The number of aryl methyl sites for hydroxylation is 1. The Balaban J connectivity index is 1.94. The molecule has 4 nitrogen and oxygen atoms in total. The average molecular weight is 236 g/mol. The Hall–Kier alpha value is -0.870. The van der Waals surface area contributed by atoms with Crippen molar-refractivity contribution in [2.45, 2.75) is 51.0 Å². The van der Waals surface area contributed by atoms with Crippen molar-refractivity contribution in [1.29, 1.82) is 0 Å². The van der Waals surface area contributed by atoms with Gasteiger partial charge in [0.1, 0.15) is 0 Å². The van der Waals surface area contributed by atoms with Crippen LogP contribution in [0.4, 0.5) is 0 Å². The van der Waals surface area contributed by atoms with Gasteiger partial charge in [-0.1, -0.05) is 38.5 Å². The Bertz CT molecular complexity index is 326. The first-order chi connectivity index (χ1) is 8.29. The summed E-state index contributed by atoms with van der Waals surface area (Å²) in [4.78, 5) is 0. The van der Waals surface area contributed by atoms with E-state index < -0.39 is 0 Å². The maximum absolute atomic E-state index is 5.68. The summed E-state index contributed by atoms with van der Waals surface area (Å²) in [5, 5.41) is 4.22. The van der Waals surface area contributed by atoms with Crippen LogP contribution in [0.3, 0.4) is 0 Å². The first-order valence-electron chi connectivity index (χ1n) is 6.74. The van der Waals surface area contributed by atoms with Gasteiger partial charge in [0, 0.05) is 24.8 Å². The van der Waals surface area contributed by atoms with Crippen molar-refractivity contribution >= 4 is 0 Å². The minimum absolute atomic E-state index is 0.256. The van der Waals surface area contributed by atoms with Crippen molar-refractivity contribution in [2.75, 3.05) is 0 Å². The van der Waals surface area contributed by atoms with Crippen molar-refractivity contribution in [1.82, 2.24) is 15.2 Å². The molecule has 1 atom stereocenters. The minimum Gasteiger partial charge on any atom is -0.275 e. The molecule has 17 heavy (non-hydrogen) atoms. The van der Waals surface area contributed by atoms with Crippen molar-refractivity contribution in [3.63, 3.8) is 0 Å². The van der Waals surface area contributed by atoms with E-state index in [-0.39, 0.29) is 6.04 Å². The van der Waals surface area contributed by atoms with Crippen molar-refractivity contribution in [3.8, 4) is 0 Å². The molecule has 1 heterocycles. The lowest BCUT2D eigenvalue weighted by Crippen LogP contribution is -2.29. The molecule has 1 unspecified atom stereocenters. The first kappa shape index (κ1) is 12.6. The Morgan fingerprint density at radius 1 is 1.41 bits per heavy atom. The molecule has 0 radical (unpaired) electrons. The van der Waals surface area contributed by atoms with Gasteiger partial charge in [-0.05, 0) is 12.3 Å². The average Bonchev–Trinajstić information content (AvgIpc) is 2.62. The Kier molecular flexibility index (Phi) is 4.57. The van der Waals surface area contributed by atoms with Gasteiger partial charge in [0.2, 0.25) is 0 Å². The SMILES string of the molecule is Cn1cc(C(CC2CCCCCC2)NN)cn1. The summed E-state index contributed by atoms with van der Waals surface area (Å²) in [6, 6.07) is 0.256. The number of nitrogens with zero attached hydrogens (tertiary/aromatic N) is 2. The molecule has 1 aliphatic carbocycles. The van der Waals surface area contributed by atoms with Crippen LogP contribution in [-0.2, 0) is 7.05 Å². The highest BCUT2D eigenvalue weighted by molar-refractivity contribution is 5.10. The Labute approximate surface area is 104 Å². The molecular weight excluding hydrogens is 212 g/mol. The lowest BCUT2D eigenvalue weighted by atomic mass is 9.91. The number of nitrogens with two attached hydrogens (primary N) is 1. The number of rotatable bonds is 4. The molecule has 0 spiro atoms. The molecule has 2 rings (SSSR count). The standard InChI is InChI=1S/C13H24N4/c1-17-10-12(9-15-17)13(16-14)8-11-6-4-2-3-5-7-11/h9-11,13,16H,2-8,14H2,1H3. The fraction of sp³-hybridized carbons (Fsp3) is 0.769. The second kappa shape index (κ2) is 6.17. The molecule has 3 N–H and O–H groups in total. The topological polar surface area (TPSA) is 55.9 Å². The zero-order valence-corrected chi connectivity index (χ0v) is 10.7. The quantitative estimate of drug-likeness (QED) is 0.479. The van der Waals surface area contributed by atoms with Gasteiger partial charge < -0.3 is 0 Å². The zero-order chi connectivity index (χ0) is 12.1. The predicted octanol–water partition coefficient (Wildman–Crippen LogP) is 2.29. The fourth-order valence-corrected chi connectivity index (χ4v) is 2.85. The van der Waals surface area contributed by atoms with Gasteiger partial charge in [0.25, 0.3) is 0 Å². The van der Waals surface area contributed by atoms with Crippen LogP contribution < -0.4 is 11.3 Å². The maximum atomic E-state index is 5.68. The third-order valence-corrected chi connectivity index (χ3v) is 3.87. The summed E-state index contributed by atoms with van der Waals surface area (Å²) in [5.41, 5.74) is 4.15. The number of hydrazine groups is 1. The third-order valence-electron chi connectivity index (χ3n) is 3.87. The monoisotopic (exact) mass is 236 g/mol. The normalized spacial score (nSPS) is 20.1. The maximum Gasteiger partial charge on any atom is 0.0538 e. The third kappa shape index (κ3) is 3.54. The van der Waals surface area contributed by atoms with Gasteiger partial charge >= 0.3 is 0 Å². The highest BCUT2D eigenvalue weighted by Crippen LogP contribution is 2.30. The molecule has 96 valence electrons. The molecule has 0 bridgehead atoms. The summed E-state index contributed by atoms with van der Waals surface area (Å²) in [6.45, 7) is 0. The summed E-state index contributed by atoms with van der Waals surface area (Å²) >= 11 is 0. The Morgan fingerprint density at radius 3 is 2.65 bits per heavy atom. The molecule has 0 saturated heterocycles. The van der Waals surface area contributed by atoms with Gasteiger partial charge in [0.05, 0.1) is 6.20 Å². The van der Waals surface area contributed by atoms with E-state index in [1.165, 1.54) is 44.1 Å². The predicted molar refractivity (Wildman–Crippen MR) is 69.1 cm³/mol. The van der Waals surface area contributed by atoms with Crippen LogP contribution in [0.1, 0.15) is 56.6 Å². The zero-order valence-electron chi connectivity index (χ0n) is 10.7. The lowest BCUT2D eigenvalue weighted by Gasteiger charge is -2.21. The number of hydrogen-bond donors (Lipinski definition) is 2. The van der Waals surface area contributed by atoms with E-state index in [0.29, 0.717) is 0 Å². The van der Waals surface area contributed by atoms with E-state index in [9.17, 15) is 0 Å².